The summed E-state index contributed by atoms with van der Waals surface area (Å²) < 4.78 is 0. The molecule has 112 valence electrons. The van der Waals surface area contributed by atoms with Crippen molar-refractivity contribution in [1.82, 2.24) is 0 Å². The summed E-state index contributed by atoms with van der Waals surface area (Å²) >= 11 is 0. The molecule has 0 N–H and O–H groups in total. The van der Waals surface area contributed by atoms with Crippen LogP contribution in [0.5, 0.6) is 0 Å². The Balaban J connectivity index is -0.0000000536. The summed E-state index contributed by atoms with van der Waals surface area (Å²) in [5, 5.41) is 53.6. The Labute approximate surface area is 134 Å². The zero-order valence-corrected chi connectivity index (χ0v) is 12.1. The second kappa shape index (κ2) is 17.1. The van der Waals surface area contributed by atoms with Gasteiger partial charge in [-0.15, -0.1) is 0 Å². The van der Waals surface area contributed by atoms with Crippen LogP contribution in [0.4, 0.5) is 0 Å². The second-order valence-electron chi connectivity index (χ2n) is 1.72. The molecule has 0 saturated heterocycles. The van der Waals surface area contributed by atoms with Crippen molar-refractivity contribution in [1.29, 1.82) is 0 Å². The summed E-state index contributed by atoms with van der Waals surface area (Å²) in [6.07, 6.45) is 0. The maximum atomic E-state index is 8.93. The van der Waals surface area contributed by atoms with E-state index in [2.05, 4.69) is 0 Å². The Morgan fingerprint density at radius 1 is 0.350 bits per heavy atom. The molecule has 2 radical (unpaired) electrons. The van der Waals surface area contributed by atoms with Gasteiger partial charge in [-0.1, -0.05) is 0 Å². The van der Waals surface area contributed by atoms with Crippen molar-refractivity contribution in [2.75, 3.05) is 0 Å². The molecular formula is C6O12Ru2. The topological polar surface area (TPSA) is 241 Å². The SMILES string of the molecule is O=C([O-])C(=O)[O-].O=C([O-])C(=O)[O-].O=C([O-])C(=O)[O-].[Ru+3].[Ru+3]. The van der Waals surface area contributed by atoms with E-state index in [-0.39, 0.29) is 39.0 Å². The molecule has 0 rings (SSSR count). The fraction of sp³-hybridized carbons (Fsp3) is 0. The first kappa shape index (κ1) is 30.8. The number of carbonyl (C=O) groups excluding carboxylic acids is 6. The smallest absolute Gasteiger partial charge is 0.543 e. The Morgan fingerprint density at radius 2 is 0.400 bits per heavy atom. The normalized spacial score (nSPS) is 6.60. The molecule has 0 aliphatic rings. The number of aliphatic carboxylic acids is 6. The average molecular weight is 466 g/mol. The molecule has 0 aromatic heterocycles. The molecule has 0 aliphatic carbocycles. The van der Waals surface area contributed by atoms with E-state index < -0.39 is 35.8 Å². The van der Waals surface area contributed by atoms with Gasteiger partial charge in [0.25, 0.3) is 0 Å². The van der Waals surface area contributed by atoms with Crippen LogP contribution in [-0.4, -0.2) is 35.8 Å². The standard InChI is InChI=1S/3C2H2O4.2Ru/c3*3-1(4)2(5)6;;/h3*(H,3,4)(H,5,6);;/q;;;2*+3/p-6. The number of carboxylic acids is 6. The van der Waals surface area contributed by atoms with Gasteiger partial charge >= 0.3 is 39.0 Å². The molecule has 0 unspecified atom stereocenters. The van der Waals surface area contributed by atoms with Crippen molar-refractivity contribution in [2.45, 2.75) is 0 Å². The van der Waals surface area contributed by atoms with Gasteiger partial charge in [-0.3, -0.25) is 0 Å². The van der Waals surface area contributed by atoms with E-state index in [0.717, 1.165) is 0 Å². The van der Waals surface area contributed by atoms with Crippen molar-refractivity contribution in [2.24, 2.45) is 0 Å². The van der Waals surface area contributed by atoms with Crippen LogP contribution in [0.2, 0.25) is 0 Å². The van der Waals surface area contributed by atoms with Gasteiger partial charge in [0.15, 0.2) is 0 Å². The fourth-order valence-corrected chi connectivity index (χ4v) is 0. The zero-order valence-electron chi connectivity index (χ0n) is 8.61. The Bertz CT molecular complexity index is 281. The molecule has 20 heavy (non-hydrogen) atoms. The van der Waals surface area contributed by atoms with Crippen LogP contribution in [0, 0.1) is 0 Å². The van der Waals surface area contributed by atoms with Crippen LogP contribution in [-0.2, 0) is 67.7 Å². The van der Waals surface area contributed by atoms with Gasteiger partial charge < -0.3 is 59.4 Å². The number of carboxylic acid groups (broad SMARTS) is 6. The summed E-state index contributed by atoms with van der Waals surface area (Å²) in [6.45, 7) is 0. The molecule has 14 heteroatoms. The van der Waals surface area contributed by atoms with E-state index in [1.54, 1.807) is 0 Å². The minimum absolute atomic E-state index is 0. The molecule has 0 amide bonds. The Kier molecular flexibility index (Phi) is 26.3. The molecule has 0 heterocycles. The molecule has 12 nitrogen and oxygen atoms in total. The van der Waals surface area contributed by atoms with E-state index in [0.29, 0.717) is 0 Å². The molecule has 0 aliphatic heterocycles. The van der Waals surface area contributed by atoms with Crippen LogP contribution in [0.15, 0.2) is 0 Å². The van der Waals surface area contributed by atoms with Gasteiger partial charge in [-0.05, 0) is 0 Å². The maximum Gasteiger partial charge on any atom is 3.00 e. The molecule has 0 aromatic carbocycles. The molecule has 0 atom stereocenters. The van der Waals surface area contributed by atoms with Crippen LogP contribution in [0.1, 0.15) is 0 Å². The minimum atomic E-state index is -2.19. The first-order valence-electron chi connectivity index (χ1n) is 3.20. The monoisotopic (exact) mass is 468 g/mol. The van der Waals surface area contributed by atoms with Crippen molar-refractivity contribution in [3.8, 4) is 0 Å². The van der Waals surface area contributed by atoms with Gasteiger partial charge in [0.05, 0.1) is 35.8 Å². The van der Waals surface area contributed by atoms with E-state index in [4.69, 9.17) is 59.4 Å². The summed E-state index contributed by atoms with van der Waals surface area (Å²) in [5.74, 6) is -13.1. The quantitative estimate of drug-likeness (QED) is 0.239. The van der Waals surface area contributed by atoms with Crippen LogP contribution < -0.4 is 30.6 Å². The third kappa shape index (κ3) is 36.0. The van der Waals surface area contributed by atoms with Gasteiger partial charge in [0.2, 0.25) is 0 Å². The van der Waals surface area contributed by atoms with E-state index in [9.17, 15) is 0 Å². The van der Waals surface area contributed by atoms with Gasteiger partial charge in [-0.25, -0.2) is 0 Å². The second-order valence-corrected chi connectivity index (χ2v) is 1.72. The van der Waals surface area contributed by atoms with Gasteiger partial charge in [0.1, 0.15) is 0 Å². The first-order valence-corrected chi connectivity index (χ1v) is 3.20. The number of hydrogen-bond acceptors (Lipinski definition) is 12. The molecule has 0 fully saturated rings. The fourth-order valence-electron chi connectivity index (χ4n) is 0. The summed E-state index contributed by atoms with van der Waals surface area (Å²) in [6, 6.07) is 0. The van der Waals surface area contributed by atoms with Crippen molar-refractivity contribution in [3.05, 3.63) is 0 Å². The minimum Gasteiger partial charge on any atom is -0.543 e. The summed E-state index contributed by atoms with van der Waals surface area (Å²) in [7, 11) is 0. The predicted molar refractivity (Wildman–Crippen MR) is 30.0 cm³/mol. The van der Waals surface area contributed by atoms with E-state index >= 15 is 0 Å². The molecule has 0 saturated carbocycles. The van der Waals surface area contributed by atoms with Crippen LogP contribution >= 0.6 is 0 Å². The largest absolute Gasteiger partial charge is 3.00 e. The molecular weight excluding hydrogens is 466 g/mol. The Hall–Kier alpha value is -1.93. The summed E-state index contributed by atoms with van der Waals surface area (Å²) in [5.41, 5.74) is 0. The van der Waals surface area contributed by atoms with Crippen LogP contribution in [0.3, 0.4) is 0 Å². The van der Waals surface area contributed by atoms with E-state index in [1.807, 2.05) is 0 Å². The predicted octanol–water partition coefficient (Wildman–Crippen LogP) is -10.5. The first-order chi connectivity index (χ1) is 7.93. The molecule has 0 spiro atoms. The average Bonchev–Trinajstić information content (AvgIpc) is 2.18. The van der Waals surface area contributed by atoms with Gasteiger partial charge in [0, 0.05) is 0 Å². The summed E-state index contributed by atoms with van der Waals surface area (Å²) in [4.78, 5) is 53.6. The number of rotatable bonds is 0. The molecule has 0 bridgehead atoms. The maximum absolute atomic E-state index is 8.93. The van der Waals surface area contributed by atoms with Crippen LogP contribution in [0.25, 0.3) is 0 Å². The van der Waals surface area contributed by atoms with Crippen molar-refractivity contribution < 1.29 is 98.4 Å². The van der Waals surface area contributed by atoms with Crippen molar-refractivity contribution >= 4 is 35.8 Å². The van der Waals surface area contributed by atoms with Gasteiger partial charge in [-0.2, -0.15) is 0 Å². The zero-order chi connectivity index (χ0) is 15.5. The third-order valence-electron chi connectivity index (χ3n) is 0.500. The van der Waals surface area contributed by atoms with Crippen molar-refractivity contribution in [3.63, 3.8) is 0 Å². The third-order valence-corrected chi connectivity index (χ3v) is 0.500. The Morgan fingerprint density at radius 3 is 0.400 bits per heavy atom. The number of carbonyl (C=O) groups is 6. The number of hydrogen-bond donors (Lipinski definition) is 0. The van der Waals surface area contributed by atoms with E-state index in [1.165, 1.54) is 0 Å². The molecule has 0 aromatic rings.